The van der Waals surface area contributed by atoms with Crippen LogP contribution in [0.5, 0.6) is 0 Å². The monoisotopic (exact) mass is 367 g/mol. The summed E-state index contributed by atoms with van der Waals surface area (Å²) in [5.41, 5.74) is 1.23. The zero-order chi connectivity index (χ0) is 18.0. The standard InChI is InChI=1S/C17H22FN3O3S/c1-12-17(13(2)24-20-12)25(22,23)19-11-16(21-9-3-4-10-21)14-5-7-15(18)8-6-14/h5-8,16,19H,3-4,9-11H2,1-2H3. The molecule has 1 saturated heterocycles. The Bertz CT molecular complexity index is 808. The number of aromatic nitrogens is 1. The summed E-state index contributed by atoms with van der Waals surface area (Å²) in [5.74, 6) is -0.0373. The van der Waals surface area contributed by atoms with Gasteiger partial charge in [0.15, 0.2) is 5.76 Å². The molecule has 1 aliphatic rings. The summed E-state index contributed by atoms with van der Waals surface area (Å²) in [6.07, 6.45) is 2.16. The molecule has 25 heavy (non-hydrogen) atoms. The van der Waals surface area contributed by atoms with E-state index < -0.39 is 10.0 Å². The van der Waals surface area contributed by atoms with Crippen molar-refractivity contribution in [2.24, 2.45) is 0 Å². The maximum Gasteiger partial charge on any atom is 0.246 e. The van der Waals surface area contributed by atoms with Crippen molar-refractivity contribution in [1.29, 1.82) is 0 Å². The molecule has 1 aromatic heterocycles. The molecule has 0 saturated carbocycles. The highest BCUT2D eigenvalue weighted by atomic mass is 32.2. The number of benzene rings is 1. The first-order valence-corrected chi connectivity index (χ1v) is 9.79. The third-order valence-corrected chi connectivity index (χ3v) is 6.21. The molecule has 6 nitrogen and oxygen atoms in total. The number of hydrogen-bond donors (Lipinski definition) is 1. The van der Waals surface area contributed by atoms with E-state index in [4.69, 9.17) is 4.52 Å². The van der Waals surface area contributed by atoms with E-state index in [9.17, 15) is 12.8 Å². The second-order valence-electron chi connectivity index (χ2n) is 6.32. The van der Waals surface area contributed by atoms with E-state index in [0.29, 0.717) is 5.69 Å². The van der Waals surface area contributed by atoms with Crippen LogP contribution in [-0.4, -0.2) is 38.1 Å². The lowest BCUT2D eigenvalue weighted by atomic mass is 10.1. The number of aryl methyl sites for hydroxylation is 2. The third kappa shape index (κ3) is 3.91. The van der Waals surface area contributed by atoms with E-state index in [1.165, 1.54) is 12.1 Å². The summed E-state index contributed by atoms with van der Waals surface area (Å²) in [6.45, 7) is 5.18. The van der Waals surface area contributed by atoms with Gasteiger partial charge in [0.1, 0.15) is 16.4 Å². The van der Waals surface area contributed by atoms with Crippen LogP contribution in [0, 0.1) is 19.7 Å². The molecule has 8 heteroatoms. The topological polar surface area (TPSA) is 75.4 Å². The van der Waals surface area contributed by atoms with Crippen LogP contribution in [0.3, 0.4) is 0 Å². The van der Waals surface area contributed by atoms with E-state index >= 15 is 0 Å². The number of sulfonamides is 1. The molecule has 1 aromatic carbocycles. The number of nitrogens with one attached hydrogen (secondary N) is 1. The highest BCUT2D eigenvalue weighted by Crippen LogP contribution is 2.26. The summed E-state index contributed by atoms with van der Waals surface area (Å²) in [4.78, 5) is 2.31. The van der Waals surface area contributed by atoms with Crippen molar-refractivity contribution < 1.29 is 17.3 Å². The van der Waals surface area contributed by atoms with Crippen LogP contribution in [0.4, 0.5) is 4.39 Å². The number of hydrogen-bond acceptors (Lipinski definition) is 5. The molecule has 2 aromatic rings. The van der Waals surface area contributed by atoms with Crippen LogP contribution in [0.1, 0.15) is 35.9 Å². The van der Waals surface area contributed by atoms with Crippen molar-refractivity contribution in [3.63, 3.8) is 0 Å². The Morgan fingerprint density at radius 1 is 1.24 bits per heavy atom. The molecule has 1 fully saturated rings. The van der Waals surface area contributed by atoms with E-state index in [1.54, 1.807) is 26.0 Å². The van der Waals surface area contributed by atoms with Gasteiger partial charge in [0.25, 0.3) is 0 Å². The smallest absolute Gasteiger partial charge is 0.246 e. The molecule has 1 aliphatic heterocycles. The van der Waals surface area contributed by atoms with Crippen molar-refractivity contribution in [3.05, 3.63) is 47.1 Å². The SMILES string of the molecule is Cc1noc(C)c1S(=O)(=O)NCC(c1ccc(F)cc1)N1CCCC1. The third-order valence-electron chi connectivity index (χ3n) is 4.54. The Balaban J connectivity index is 1.82. The van der Waals surface area contributed by atoms with Gasteiger partial charge in [-0.05, 0) is 57.5 Å². The molecule has 3 rings (SSSR count). The fourth-order valence-electron chi connectivity index (χ4n) is 3.32. The quantitative estimate of drug-likeness (QED) is 0.849. The minimum Gasteiger partial charge on any atom is -0.360 e. The fourth-order valence-corrected chi connectivity index (χ4v) is 4.68. The molecule has 0 radical (unpaired) electrons. The Hall–Kier alpha value is -1.77. The summed E-state index contributed by atoms with van der Waals surface area (Å²) in [5, 5.41) is 3.71. The van der Waals surface area contributed by atoms with E-state index in [0.717, 1.165) is 31.5 Å². The molecule has 136 valence electrons. The largest absolute Gasteiger partial charge is 0.360 e. The second kappa shape index (κ2) is 7.23. The molecule has 0 bridgehead atoms. The van der Waals surface area contributed by atoms with E-state index in [1.807, 2.05) is 0 Å². The van der Waals surface area contributed by atoms with Crippen LogP contribution in [-0.2, 0) is 10.0 Å². The van der Waals surface area contributed by atoms with Crippen molar-refractivity contribution in [3.8, 4) is 0 Å². The van der Waals surface area contributed by atoms with Crippen LogP contribution >= 0.6 is 0 Å². The van der Waals surface area contributed by atoms with Gasteiger partial charge in [0, 0.05) is 12.6 Å². The highest BCUT2D eigenvalue weighted by molar-refractivity contribution is 7.89. The average Bonchev–Trinajstić information content (AvgIpc) is 3.19. The molecular weight excluding hydrogens is 345 g/mol. The van der Waals surface area contributed by atoms with Crippen molar-refractivity contribution >= 4 is 10.0 Å². The Labute approximate surface area is 147 Å². The maximum absolute atomic E-state index is 13.2. The van der Waals surface area contributed by atoms with Gasteiger partial charge >= 0.3 is 0 Å². The second-order valence-corrected chi connectivity index (χ2v) is 8.02. The zero-order valence-corrected chi connectivity index (χ0v) is 15.1. The first-order valence-electron chi connectivity index (χ1n) is 8.30. The van der Waals surface area contributed by atoms with Gasteiger partial charge in [-0.2, -0.15) is 0 Å². The van der Waals surface area contributed by atoms with E-state index in [2.05, 4.69) is 14.8 Å². The van der Waals surface area contributed by atoms with Crippen LogP contribution < -0.4 is 4.72 Å². The fraction of sp³-hybridized carbons (Fsp3) is 0.471. The van der Waals surface area contributed by atoms with Gasteiger partial charge in [-0.3, -0.25) is 4.90 Å². The van der Waals surface area contributed by atoms with Crippen molar-refractivity contribution in [1.82, 2.24) is 14.8 Å². The minimum atomic E-state index is -3.73. The predicted molar refractivity (Wildman–Crippen MR) is 91.1 cm³/mol. The lowest BCUT2D eigenvalue weighted by Gasteiger charge is -2.28. The first-order chi connectivity index (χ1) is 11.9. The molecule has 2 heterocycles. The number of nitrogens with zero attached hydrogens (tertiary/aromatic N) is 2. The first kappa shape index (κ1) is 18.0. The van der Waals surface area contributed by atoms with Crippen molar-refractivity contribution in [2.45, 2.75) is 37.6 Å². The maximum atomic E-state index is 13.2. The predicted octanol–water partition coefficient (Wildman–Crippen LogP) is 2.55. The highest BCUT2D eigenvalue weighted by Gasteiger charge is 2.28. The van der Waals surface area contributed by atoms with Gasteiger partial charge in [0.2, 0.25) is 10.0 Å². The summed E-state index contributed by atoms with van der Waals surface area (Å²) < 4.78 is 46.2. The summed E-state index contributed by atoms with van der Waals surface area (Å²) in [7, 11) is -3.73. The lowest BCUT2D eigenvalue weighted by Crippen LogP contribution is -2.37. The van der Waals surface area contributed by atoms with Crippen LogP contribution in [0.25, 0.3) is 0 Å². The van der Waals surface area contributed by atoms with Gasteiger partial charge < -0.3 is 4.52 Å². The molecular formula is C17H22FN3O3S. The molecule has 1 atom stereocenters. The number of halogens is 1. The van der Waals surface area contributed by atoms with Gasteiger partial charge in [-0.25, -0.2) is 17.5 Å². The van der Waals surface area contributed by atoms with Gasteiger partial charge in [0.05, 0.1) is 0 Å². The van der Waals surface area contributed by atoms with E-state index in [-0.39, 0.29) is 29.1 Å². The number of likely N-dealkylation sites (tertiary alicyclic amines) is 1. The number of rotatable bonds is 6. The summed E-state index contributed by atoms with van der Waals surface area (Å²) >= 11 is 0. The molecule has 1 unspecified atom stereocenters. The van der Waals surface area contributed by atoms with Crippen LogP contribution in [0.15, 0.2) is 33.7 Å². The Morgan fingerprint density at radius 2 is 1.88 bits per heavy atom. The Morgan fingerprint density at radius 3 is 2.44 bits per heavy atom. The minimum absolute atomic E-state index is 0.0896. The van der Waals surface area contributed by atoms with Gasteiger partial charge in [-0.1, -0.05) is 17.3 Å². The molecule has 0 spiro atoms. The van der Waals surface area contributed by atoms with Crippen molar-refractivity contribution in [2.75, 3.05) is 19.6 Å². The van der Waals surface area contributed by atoms with Crippen LogP contribution in [0.2, 0.25) is 0 Å². The zero-order valence-electron chi connectivity index (χ0n) is 14.3. The lowest BCUT2D eigenvalue weighted by molar-refractivity contribution is 0.246. The molecule has 1 N–H and O–H groups in total. The molecule has 0 amide bonds. The normalized spacial score (nSPS) is 17.1. The average molecular weight is 367 g/mol. The Kier molecular flexibility index (Phi) is 5.21. The summed E-state index contributed by atoms with van der Waals surface area (Å²) in [6, 6.07) is 6.09. The van der Waals surface area contributed by atoms with Gasteiger partial charge in [-0.15, -0.1) is 0 Å². The molecule has 0 aliphatic carbocycles.